The molecule has 2 atom stereocenters. The average Bonchev–Trinajstić information content (AvgIpc) is 3.48. The smallest absolute Gasteiger partial charge is 0.253 e. The first-order chi connectivity index (χ1) is 14.2. The van der Waals surface area contributed by atoms with E-state index < -0.39 is 0 Å². The Morgan fingerprint density at radius 2 is 1.90 bits per heavy atom. The number of carbonyl (C=O) groups is 1. The minimum absolute atomic E-state index is 0.166. The average molecular weight is 389 g/mol. The quantitative estimate of drug-likeness (QED) is 0.683. The highest BCUT2D eigenvalue weighted by molar-refractivity contribution is 5.94. The van der Waals surface area contributed by atoms with E-state index in [-0.39, 0.29) is 5.91 Å². The van der Waals surface area contributed by atoms with Gasteiger partial charge < -0.3 is 9.47 Å². The topological polar surface area (TPSA) is 41.4 Å². The number of nitrogens with zero attached hydrogens (tertiary/aromatic N) is 4. The number of imidazole rings is 1. The minimum Gasteiger partial charge on any atom is -0.337 e. The number of carbonyl (C=O) groups excluding carboxylic acids is 1. The number of likely N-dealkylation sites (tertiary alicyclic amines) is 2. The highest BCUT2D eigenvalue weighted by Gasteiger charge is 2.34. The Hall–Kier alpha value is -2.66. The lowest BCUT2D eigenvalue weighted by Crippen LogP contribution is -2.40. The summed E-state index contributed by atoms with van der Waals surface area (Å²) < 4.78 is 2.15. The number of fused-ring (bicyclic) bond motifs is 1. The normalized spacial score (nSPS) is 22.6. The summed E-state index contributed by atoms with van der Waals surface area (Å²) in [6.45, 7) is 6.00. The number of hydrogen-bond acceptors (Lipinski definition) is 3. The molecule has 29 heavy (non-hydrogen) atoms. The summed E-state index contributed by atoms with van der Waals surface area (Å²) in [4.78, 5) is 22.1. The van der Waals surface area contributed by atoms with E-state index in [4.69, 9.17) is 0 Å². The van der Waals surface area contributed by atoms with Gasteiger partial charge in [-0.2, -0.15) is 0 Å². The number of aromatic nitrogens is 2. The molecule has 1 amide bonds. The molecule has 3 heterocycles. The van der Waals surface area contributed by atoms with Gasteiger partial charge in [0.05, 0.1) is 17.4 Å². The van der Waals surface area contributed by atoms with E-state index in [0.717, 1.165) is 42.7 Å². The summed E-state index contributed by atoms with van der Waals surface area (Å²) in [5.41, 5.74) is 4.11. The van der Waals surface area contributed by atoms with E-state index in [1.165, 1.54) is 24.9 Å². The van der Waals surface area contributed by atoms with Crippen molar-refractivity contribution in [2.24, 2.45) is 0 Å². The van der Waals surface area contributed by atoms with Gasteiger partial charge in [0, 0.05) is 37.3 Å². The monoisotopic (exact) mass is 388 g/mol. The lowest BCUT2D eigenvalue weighted by atomic mass is 10.1. The fraction of sp³-hybridized carbons (Fsp3) is 0.417. The van der Waals surface area contributed by atoms with E-state index in [0.29, 0.717) is 12.1 Å². The Morgan fingerprint density at radius 3 is 2.69 bits per heavy atom. The largest absolute Gasteiger partial charge is 0.337 e. The second-order valence-corrected chi connectivity index (χ2v) is 8.48. The number of amides is 1. The minimum atomic E-state index is 0.166. The van der Waals surface area contributed by atoms with Crippen LogP contribution in [0.3, 0.4) is 0 Å². The molecule has 2 saturated heterocycles. The molecule has 0 saturated carbocycles. The standard InChI is InChI=1S/C24H28N4O/c1-18-5-4-13-28(18)21-12-14-26(16-21)24(29)20-10-8-19(9-11-20)15-27-17-25-22-6-2-3-7-23(22)27/h2-3,6-11,17-18,21H,4-5,12-16H2,1H3/t18-,21?/m0/s1. The zero-order valence-corrected chi connectivity index (χ0v) is 17.0. The maximum Gasteiger partial charge on any atom is 0.253 e. The summed E-state index contributed by atoms with van der Waals surface area (Å²) in [6.07, 6.45) is 5.56. The maximum atomic E-state index is 13.0. The van der Waals surface area contributed by atoms with Crippen molar-refractivity contribution < 1.29 is 4.79 Å². The van der Waals surface area contributed by atoms with Crippen LogP contribution in [-0.2, 0) is 6.54 Å². The number of para-hydroxylation sites is 2. The third-order valence-electron chi connectivity index (χ3n) is 6.61. The summed E-state index contributed by atoms with van der Waals surface area (Å²) in [5, 5.41) is 0. The van der Waals surface area contributed by atoms with Gasteiger partial charge in [-0.05, 0) is 62.6 Å². The molecule has 0 spiro atoms. The molecule has 2 aromatic carbocycles. The van der Waals surface area contributed by atoms with E-state index in [1.54, 1.807) is 0 Å². The molecule has 2 aliphatic heterocycles. The highest BCUT2D eigenvalue weighted by atomic mass is 16.2. The molecular weight excluding hydrogens is 360 g/mol. The second-order valence-electron chi connectivity index (χ2n) is 8.48. The third kappa shape index (κ3) is 3.55. The molecular formula is C24H28N4O. The van der Waals surface area contributed by atoms with Crippen molar-refractivity contribution in [1.82, 2.24) is 19.4 Å². The molecule has 5 heteroatoms. The third-order valence-corrected chi connectivity index (χ3v) is 6.61. The van der Waals surface area contributed by atoms with Gasteiger partial charge in [-0.1, -0.05) is 24.3 Å². The highest BCUT2D eigenvalue weighted by Crippen LogP contribution is 2.26. The van der Waals surface area contributed by atoms with Crippen LogP contribution in [0.1, 0.15) is 42.1 Å². The van der Waals surface area contributed by atoms with Crippen LogP contribution in [0.4, 0.5) is 0 Å². The summed E-state index contributed by atoms with van der Waals surface area (Å²) >= 11 is 0. The summed E-state index contributed by atoms with van der Waals surface area (Å²) in [7, 11) is 0. The van der Waals surface area contributed by atoms with Crippen molar-refractivity contribution in [2.45, 2.75) is 44.8 Å². The molecule has 2 aliphatic rings. The van der Waals surface area contributed by atoms with E-state index >= 15 is 0 Å². The van der Waals surface area contributed by atoms with Gasteiger partial charge in [0.1, 0.15) is 0 Å². The van der Waals surface area contributed by atoms with Crippen LogP contribution >= 0.6 is 0 Å². The molecule has 0 radical (unpaired) electrons. The van der Waals surface area contributed by atoms with Crippen LogP contribution < -0.4 is 0 Å². The molecule has 2 fully saturated rings. The van der Waals surface area contributed by atoms with Crippen LogP contribution in [0.2, 0.25) is 0 Å². The first kappa shape index (κ1) is 18.4. The number of hydrogen-bond donors (Lipinski definition) is 0. The first-order valence-corrected chi connectivity index (χ1v) is 10.7. The van der Waals surface area contributed by atoms with Crippen LogP contribution in [0.5, 0.6) is 0 Å². The Kier molecular flexibility index (Phi) is 4.84. The van der Waals surface area contributed by atoms with Gasteiger partial charge in [-0.15, -0.1) is 0 Å². The van der Waals surface area contributed by atoms with Crippen LogP contribution in [-0.4, -0.2) is 57.0 Å². The van der Waals surface area contributed by atoms with Gasteiger partial charge in [0.15, 0.2) is 0 Å². The Morgan fingerprint density at radius 1 is 1.07 bits per heavy atom. The van der Waals surface area contributed by atoms with Gasteiger partial charge in [-0.3, -0.25) is 9.69 Å². The zero-order valence-electron chi connectivity index (χ0n) is 17.0. The van der Waals surface area contributed by atoms with Crippen molar-refractivity contribution in [3.8, 4) is 0 Å². The van der Waals surface area contributed by atoms with Crippen molar-refractivity contribution in [3.05, 3.63) is 66.0 Å². The zero-order chi connectivity index (χ0) is 19.8. The molecule has 0 aliphatic carbocycles. The predicted octanol–water partition coefficient (Wildman–Crippen LogP) is 3.78. The summed E-state index contributed by atoms with van der Waals surface area (Å²) in [6, 6.07) is 17.4. The molecule has 0 N–H and O–H groups in total. The molecule has 5 rings (SSSR count). The second kappa shape index (κ2) is 7.64. The number of rotatable bonds is 4. The predicted molar refractivity (Wildman–Crippen MR) is 115 cm³/mol. The van der Waals surface area contributed by atoms with Crippen LogP contribution in [0.15, 0.2) is 54.9 Å². The van der Waals surface area contributed by atoms with Crippen molar-refractivity contribution in [2.75, 3.05) is 19.6 Å². The van der Waals surface area contributed by atoms with Crippen LogP contribution in [0.25, 0.3) is 11.0 Å². The lowest BCUT2D eigenvalue weighted by Gasteiger charge is -2.28. The van der Waals surface area contributed by atoms with Gasteiger partial charge >= 0.3 is 0 Å². The van der Waals surface area contributed by atoms with Gasteiger partial charge in [-0.25, -0.2) is 4.98 Å². The summed E-state index contributed by atoms with van der Waals surface area (Å²) in [5.74, 6) is 0.166. The van der Waals surface area contributed by atoms with Crippen molar-refractivity contribution >= 4 is 16.9 Å². The Balaban J connectivity index is 1.25. The van der Waals surface area contributed by atoms with Crippen molar-refractivity contribution in [1.29, 1.82) is 0 Å². The fourth-order valence-corrected chi connectivity index (χ4v) is 4.96. The fourth-order valence-electron chi connectivity index (χ4n) is 4.96. The van der Waals surface area contributed by atoms with Crippen LogP contribution in [0, 0.1) is 0 Å². The molecule has 150 valence electrons. The molecule has 0 bridgehead atoms. The SMILES string of the molecule is C[C@H]1CCCN1C1CCN(C(=O)c2ccc(Cn3cnc4ccccc43)cc2)C1. The molecule has 1 unspecified atom stereocenters. The Bertz CT molecular complexity index is 1010. The maximum absolute atomic E-state index is 13.0. The van der Waals surface area contributed by atoms with Gasteiger partial charge in [0.2, 0.25) is 0 Å². The Labute approximate surface area is 171 Å². The van der Waals surface area contributed by atoms with E-state index in [9.17, 15) is 4.79 Å². The first-order valence-electron chi connectivity index (χ1n) is 10.7. The van der Waals surface area contributed by atoms with E-state index in [1.807, 2.05) is 41.6 Å². The number of benzene rings is 2. The molecule has 1 aromatic heterocycles. The molecule has 5 nitrogen and oxygen atoms in total. The molecule has 3 aromatic rings. The lowest BCUT2D eigenvalue weighted by molar-refractivity contribution is 0.0774. The van der Waals surface area contributed by atoms with E-state index in [2.05, 4.69) is 39.6 Å². The van der Waals surface area contributed by atoms with Crippen molar-refractivity contribution in [3.63, 3.8) is 0 Å². The van der Waals surface area contributed by atoms with Gasteiger partial charge in [0.25, 0.3) is 5.91 Å².